The van der Waals surface area contributed by atoms with Crippen LogP contribution in [0.1, 0.15) is 10.4 Å². The number of nitrogens with one attached hydrogen (secondary N) is 2. The second kappa shape index (κ2) is 7.22. The third kappa shape index (κ3) is 4.63. The highest BCUT2D eigenvalue weighted by Crippen LogP contribution is 2.28. The molecule has 0 unspecified atom stereocenters. The zero-order valence-electron chi connectivity index (χ0n) is 13.5. The van der Waals surface area contributed by atoms with Crippen molar-refractivity contribution in [2.24, 2.45) is 0 Å². The topological polar surface area (TPSA) is 93.7 Å². The number of carbonyl (C=O) groups is 1. The van der Waals surface area contributed by atoms with Crippen LogP contribution in [0.5, 0.6) is 11.5 Å². The van der Waals surface area contributed by atoms with Crippen LogP contribution in [0.15, 0.2) is 42.5 Å². The van der Waals surface area contributed by atoms with Gasteiger partial charge in [0.05, 0.1) is 26.2 Å². The number of rotatable bonds is 6. The van der Waals surface area contributed by atoms with E-state index in [0.717, 1.165) is 6.26 Å². The third-order valence-electron chi connectivity index (χ3n) is 3.10. The van der Waals surface area contributed by atoms with Crippen LogP contribution in [0.2, 0.25) is 0 Å². The Balaban J connectivity index is 2.22. The molecule has 0 radical (unpaired) electrons. The SMILES string of the molecule is COc1ccc(C(=O)Nc2ccc(OC)c(NS(C)(=O)=O)c2)cc1. The average molecular weight is 350 g/mol. The van der Waals surface area contributed by atoms with Crippen molar-refractivity contribution in [2.45, 2.75) is 0 Å². The number of methoxy groups -OCH3 is 2. The summed E-state index contributed by atoms with van der Waals surface area (Å²) in [6.07, 6.45) is 1.04. The molecule has 8 heteroatoms. The predicted octanol–water partition coefficient (Wildman–Crippen LogP) is 2.33. The average Bonchev–Trinajstić information content (AvgIpc) is 2.53. The minimum absolute atomic E-state index is 0.243. The maximum absolute atomic E-state index is 12.2. The van der Waals surface area contributed by atoms with Crippen LogP contribution >= 0.6 is 0 Å². The number of hydrogen-bond acceptors (Lipinski definition) is 5. The molecule has 1 amide bonds. The molecule has 0 aromatic heterocycles. The fourth-order valence-electron chi connectivity index (χ4n) is 2.01. The van der Waals surface area contributed by atoms with Crippen molar-refractivity contribution >= 4 is 27.3 Å². The molecular formula is C16H18N2O5S. The van der Waals surface area contributed by atoms with Crippen molar-refractivity contribution in [3.8, 4) is 11.5 Å². The quantitative estimate of drug-likeness (QED) is 0.834. The number of sulfonamides is 1. The van der Waals surface area contributed by atoms with Gasteiger partial charge in [-0.1, -0.05) is 0 Å². The number of benzene rings is 2. The molecule has 24 heavy (non-hydrogen) atoms. The van der Waals surface area contributed by atoms with E-state index in [1.807, 2.05) is 0 Å². The lowest BCUT2D eigenvalue weighted by atomic mass is 10.2. The van der Waals surface area contributed by atoms with E-state index in [0.29, 0.717) is 22.7 Å². The lowest BCUT2D eigenvalue weighted by Crippen LogP contribution is -2.13. The molecule has 2 aromatic rings. The first-order chi connectivity index (χ1) is 11.3. The van der Waals surface area contributed by atoms with Gasteiger partial charge in [0.2, 0.25) is 10.0 Å². The van der Waals surface area contributed by atoms with Crippen molar-refractivity contribution in [2.75, 3.05) is 30.5 Å². The van der Waals surface area contributed by atoms with Gasteiger partial charge in [-0.2, -0.15) is 0 Å². The summed E-state index contributed by atoms with van der Waals surface area (Å²) < 4.78 is 35.3. The molecular weight excluding hydrogens is 332 g/mol. The second-order valence-electron chi connectivity index (χ2n) is 4.97. The Bertz CT molecular complexity index is 832. The minimum atomic E-state index is -3.47. The molecule has 7 nitrogen and oxygen atoms in total. The molecule has 0 fully saturated rings. The van der Waals surface area contributed by atoms with Gasteiger partial charge in [-0.3, -0.25) is 9.52 Å². The molecule has 2 N–H and O–H groups in total. The lowest BCUT2D eigenvalue weighted by molar-refractivity contribution is 0.102. The molecule has 2 aromatic carbocycles. The highest BCUT2D eigenvalue weighted by atomic mass is 32.2. The molecule has 0 heterocycles. The summed E-state index contributed by atoms with van der Waals surface area (Å²) in [5.41, 5.74) is 1.12. The standard InChI is InChI=1S/C16H18N2O5S/c1-22-13-7-4-11(5-8-13)16(19)17-12-6-9-15(23-2)14(10-12)18-24(3,20)21/h4-10,18H,1-3H3,(H,17,19). The van der Waals surface area contributed by atoms with Crippen LogP contribution in [0.25, 0.3) is 0 Å². The van der Waals surface area contributed by atoms with Gasteiger partial charge in [-0.25, -0.2) is 8.42 Å². The van der Waals surface area contributed by atoms with E-state index in [2.05, 4.69) is 10.0 Å². The Morgan fingerprint density at radius 1 is 1.00 bits per heavy atom. The summed E-state index contributed by atoms with van der Waals surface area (Å²) in [6, 6.07) is 11.3. The van der Waals surface area contributed by atoms with Gasteiger partial charge >= 0.3 is 0 Å². The Hall–Kier alpha value is -2.74. The van der Waals surface area contributed by atoms with E-state index in [9.17, 15) is 13.2 Å². The third-order valence-corrected chi connectivity index (χ3v) is 3.70. The van der Waals surface area contributed by atoms with Gasteiger partial charge in [0.15, 0.2) is 0 Å². The van der Waals surface area contributed by atoms with Crippen LogP contribution in [-0.4, -0.2) is 34.8 Å². The van der Waals surface area contributed by atoms with Crippen LogP contribution in [0, 0.1) is 0 Å². The van der Waals surface area contributed by atoms with Crippen LogP contribution in [-0.2, 0) is 10.0 Å². The largest absolute Gasteiger partial charge is 0.497 e. The molecule has 128 valence electrons. The van der Waals surface area contributed by atoms with E-state index in [1.54, 1.807) is 43.5 Å². The first-order valence-electron chi connectivity index (χ1n) is 6.93. The highest BCUT2D eigenvalue weighted by Gasteiger charge is 2.11. The second-order valence-corrected chi connectivity index (χ2v) is 6.72. The lowest BCUT2D eigenvalue weighted by Gasteiger charge is -2.12. The summed E-state index contributed by atoms with van der Waals surface area (Å²) >= 11 is 0. The van der Waals surface area contributed by atoms with Crippen molar-refractivity contribution in [3.63, 3.8) is 0 Å². The van der Waals surface area contributed by atoms with Crippen molar-refractivity contribution in [1.29, 1.82) is 0 Å². The number of amides is 1. The fraction of sp³-hybridized carbons (Fsp3) is 0.188. The first-order valence-corrected chi connectivity index (χ1v) is 8.83. The molecule has 0 atom stereocenters. The molecule has 0 aliphatic heterocycles. The molecule has 0 aliphatic carbocycles. The van der Waals surface area contributed by atoms with E-state index < -0.39 is 10.0 Å². The monoisotopic (exact) mass is 350 g/mol. The number of carbonyl (C=O) groups excluding carboxylic acids is 1. The van der Waals surface area contributed by atoms with E-state index >= 15 is 0 Å². The summed E-state index contributed by atoms with van der Waals surface area (Å²) in [5, 5.41) is 2.70. The normalized spacial score (nSPS) is 10.8. The maximum atomic E-state index is 12.2. The van der Waals surface area contributed by atoms with E-state index in [1.165, 1.54) is 13.2 Å². The van der Waals surface area contributed by atoms with Crippen LogP contribution in [0.3, 0.4) is 0 Å². The number of anilines is 2. The smallest absolute Gasteiger partial charge is 0.255 e. The maximum Gasteiger partial charge on any atom is 0.255 e. The molecule has 0 spiro atoms. The van der Waals surface area contributed by atoms with Crippen LogP contribution in [0.4, 0.5) is 11.4 Å². The molecule has 2 rings (SSSR count). The van der Waals surface area contributed by atoms with Gasteiger partial charge < -0.3 is 14.8 Å². The summed E-state index contributed by atoms with van der Waals surface area (Å²) in [7, 11) is -0.498. The zero-order valence-corrected chi connectivity index (χ0v) is 14.3. The van der Waals surface area contributed by atoms with E-state index in [4.69, 9.17) is 9.47 Å². The predicted molar refractivity (Wildman–Crippen MR) is 92.4 cm³/mol. The summed E-state index contributed by atoms with van der Waals surface area (Å²) in [4.78, 5) is 12.2. The highest BCUT2D eigenvalue weighted by molar-refractivity contribution is 7.92. The van der Waals surface area contributed by atoms with Gasteiger partial charge in [-0.15, -0.1) is 0 Å². The van der Waals surface area contributed by atoms with Gasteiger partial charge in [-0.05, 0) is 42.5 Å². The molecule has 0 saturated heterocycles. The van der Waals surface area contributed by atoms with Gasteiger partial charge in [0.1, 0.15) is 11.5 Å². The van der Waals surface area contributed by atoms with Gasteiger partial charge in [0, 0.05) is 11.3 Å². The Kier molecular flexibility index (Phi) is 5.30. The Morgan fingerprint density at radius 2 is 1.67 bits per heavy atom. The van der Waals surface area contributed by atoms with Crippen LogP contribution < -0.4 is 19.5 Å². The first kappa shape index (κ1) is 17.6. The van der Waals surface area contributed by atoms with Crippen molar-refractivity contribution < 1.29 is 22.7 Å². The van der Waals surface area contributed by atoms with Gasteiger partial charge in [0.25, 0.3) is 5.91 Å². The number of hydrogen-bond donors (Lipinski definition) is 2. The van der Waals surface area contributed by atoms with Crippen molar-refractivity contribution in [3.05, 3.63) is 48.0 Å². The molecule has 0 aliphatic rings. The molecule has 0 saturated carbocycles. The Morgan fingerprint density at radius 3 is 2.21 bits per heavy atom. The van der Waals surface area contributed by atoms with Crippen molar-refractivity contribution in [1.82, 2.24) is 0 Å². The van der Waals surface area contributed by atoms with E-state index in [-0.39, 0.29) is 11.6 Å². The minimum Gasteiger partial charge on any atom is -0.497 e. The summed E-state index contributed by atoms with van der Waals surface area (Å²) in [6.45, 7) is 0. The molecule has 0 bridgehead atoms. The Labute approximate surface area is 140 Å². The number of ether oxygens (including phenoxy) is 2. The fourth-order valence-corrected chi connectivity index (χ4v) is 2.57. The zero-order chi connectivity index (χ0) is 17.7. The summed E-state index contributed by atoms with van der Waals surface area (Å²) in [5.74, 6) is 0.673.